The van der Waals surface area contributed by atoms with Crippen LogP contribution in [0.3, 0.4) is 0 Å². The van der Waals surface area contributed by atoms with Crippen LogP contribution in [0.4, 0.5) is 5.82 Å². The number of nitrogens with one attached hydrogen (secondary N) is 1. The summed E-state index contributed by atoms with van der Waals surface area (Å²) in [4.78, 5) is 4.39. The Hall–Kier alpha value is -1.67. The van der Waals surface area contributed by atoms with Crippen LogP contribution in [0, 0.1) is 12.8 Å². The van der Waals surface area contributed by atoms with Gasteiger partial charge in [-0.2, -0.15) is 5.10 Å². The molecule has 0 spiro atoms. The summed E-state index contributed by atoms with van der Waals surface area (Å²) >= 11 is 0. The summed E-state index contributed by atoms with van der Waals surface area (Å²) in [5.74, 6) is 1.37. The Morgan fingerprint density at radius 1 is 1.42 bits per heavy atom. The molecule has 0 bridgehead atoms. The number of nitrogens with zero attached hydrogens (tertiary/aromatic N) is 4. The molecule has 2 aromatic heterocycles. The molecule has 24 heavy (non-hydrogen) atoms. The Labute approximate surface area is 143 Å². The van der Waals surface area contributed by atoms with E-state index in [1.54, 1.807) is 15.0 Å². The molecule has 0 amide bonds. The fraction of sp³-hybridized carbons (Fsp3) is 0.625. The molecule has 0 radical (unpaired) electrons. The molecule has 1 N–H and O–H groups in total. The van der Waals surface area contributed by atoms with Crippen molar-refractivity contribution in [2.45, 2.75) is 33.1 Å². The van der Waals surface area contributed by atoms with E-state index < -0.39 is 10.0 Å². The Bertz CT molecular complexity index is 802. The number of anilines is 1. The third kappa shape index (κ3) is 3.70. The van der Waals surface area contributed by atoms with Crippen molar-refractivity contribution >= 4 is 21.4 Å². The second kappa shape index (κ2) is 7.06. The summed E-state index contributed by atoms with van der Waals surface area (Å²) in [7, 11) is -3.09. The zero-order chi connectivity index (χ0) is 17.2. The number of hydrogen-bond acceptors (Lipinski definition) is 5. The summed E-state index contributed by atoms with van der Waals surface area (Å²) in [6, 6.07) is 1.99. The number of rotatable bonds is 7. The van der Waals surface area contributed by atoms with Crippen LogP contribution in [-0.2, 0) is 10.0 Å². The predicted octanol–water partition coefficient (Wildman–Crippen LogP) is 1.90. The average Bonchev–Trinajstić information content (AvgIpc) is 3.17. The smallest absolute Gasteiger partial charge is 0.214 e. The Kier molecular flexibility index (Phi) is 5.05. The molecular weight excluding hydrogens is 326 g/mol. The molecule has 1 atom stereocenters. The summed E-state index contributed by atoms with van der Waals surface area (Å²) in [5.41, 5.74) is 1.89. The lowest BCUT2D eigenvalue weighted by molar-refractivity contribution is 0.460. The fourth-order valence-electron chi connectivity index (χ4n) is 3.09. The highest BCUT2D eigenvalue weighted by Crippen LogP contribution is 2.22. The van der Waals surface area contributed by atoms with E-state index in [2.05, 4.69) is 15.4 Å². The van der Waals surface area contributed by atoms with Crippen molar-refractivity contribution in [3.63, 3.8) is 0 Å². The van der Waals surface area contributed by atoms with Gasteiger partial charge in [0.25, 0.3) is 0 Å². The van der Waals surface area contributed by atoms with Crippen LogP contribution in [0.15, 0.2) is 18.5 Å². The molecule has 0 aromatic carbocycles. The first-order valence-electron chi connectivity index (χ1n) is 8.52. The lowest BCUT2D eigenvalue weighted by atomic mass is 10.1. The van der Waals surface area contributed by atoms with Gasteiger partial charge in [-0.25, -0.2) is 22.2 Å². The van der Waals surface area contributed by atoms with Crippen LogP contribution >= 0.6 is 0 Å². The zero-order valence-corrected chi connectivity index (χ0v) is 15.1. The van der Waals surface area contributed by atoms with Gasteiger partial charge in [0.05, 0.1) is 11.4 Å². The van der Waals surface area contributed by atoms with E-state index >= 15 is 0 Å². The molecular formula is C16H25N5O2S. The predicted molar refractivity (Wildman–Crippen MR) is 94.6 cm³/mol. The van der Waals surface area contributed by atoms with Crippen molar-refractivity contribution in [1.29, 1.82) is 0 Å². The van der Waals surface area contributed by atoms with Crippen molar-refractivity contribution < 1.29 is 8.42 Å². The molecule has 0 saturated carbocycles. The minimum absolute atomic E-state index is 0.264. The lowest BCUT2D eigenvalue weighted by Gasteiger charge is -2.17. The number of aromatic nitrogens is 3. The van der Waals surface area contributed by atoms with E-state index in [1.807, 2.05) is 26.1 Å². The van der Waals surface area contributed by atoms with E-state index in [1.165, 1.54) is 0 Å². The van der Waals surface area contributed by atoms with Crippen LogP contribution in [0.25, 0.3) is 5.52 Å². The molecule has 8 heteroatoms. The Morgan fingerprint density at radius 3 is 3.04 bits per heavy atom. The van der Waals surface area contributed by atoms with Crippen LogP contribution < -0.4 is 5.32 Å². The summed E-state index contributed by atoms with van der Waals surface area (Å²) in [6.45, 7) is 5.91. The topological polar surface area (TPSA) is 79.6 Å². The summed E-state index contributed by atoms with van der Waals surface area (Å²) in [6.07, 6.45) is 6.07. The van der Waals surface area contributed by atoms with E-state index in [0.29, 0.717) is 19.0 Å². The summed E-state index contributed by atoms with van der Waals surface area (Å²) < 4.78 is 28.0. The van der Waals surface area contributed by atoms with Crippen LogP contribution in [0.2, 0.25) is 0 Å². The monoisotopic (exact) mass is 351 g/mol. The van der Waals surface area contributed by atoms with Gasteiger partial charge >= 0.3 is 0 Å². The standard InChI is InChI=1S/C16H25N5O2S/c1-3-4-9-24(22,23)20-7-5-14(12-20)11-18-16-15-10-13(2)19-21(15)8-6-17-16/h6,8,10,14H,3-5,7,9,11-12H2,1-2H3,(H,17,18). The Balaban J connectivity index is 1.60. The number of aryl methyl sites for hydroxylation is 1. The van der Waals surface area contributed by atoms with Gasteiger partial charge in [0.15, 0.2) is 5.82 Å². The van der Waals surface area contributed by atoms with Gasteiger partial charge in [0.2, 0.25) is 10.0 Å². The third-order valence-corrected chi connectivity index (χ3v) is 6.39. The molecule has 7 nitrogen and oxygen atoms in total. The van der Waals surface area contributed by atoms with E-state index in [9.17, 15) is 8.42 Å². The average molecular weight is 351 g/mol. The van der Waals surface area contributed by atoms with Crippen molar-refractivity contribution in [2.75, 3.05) is 30.7 Å². The van der Waals surface area contributed by atoms with Crippen molar-refractivity contribution in [3.05, 3.63) is 24.2 Å². The minimum atomic E-state index is -3.09. The lowest BCUT2D eigenvalue weighted by Crippen LogP contribution is -2.31. The van der Waals surface area contributed by atoms with Crippen molar-refractivity contribution in [1.82, 2.24) is 18.9 Å². The first-order chi connectivity index (χ1) is 11.5. The van der Waals surface area contributed by atoms with Gasteiger partial charge in [0.1, 0.15) is 5.52 Å². The van der Waals surface area contributed by atoms with E-state index in [0.717, 1.165) is 42.8 Å². The molecule has 3 rings (SSSR count). The Morgan fingerprint density at radius 2 is 2.25 bits per heavy atom. The quantitative estimate of drug-likeness (QED) is 0.824. The maximum atomic E-state index is 12.3. The zero-order valence-electron chi connectivity index (χ0n) is 14.3. The van der Waals surface area contributed by atoms with Crippen molar-refractivity contribution in [3.8, 4) is 0 Å². The van der Waals surface area contributed by atoms with Gasteiger partial charge in [-0.05, 0) is 31.7 Å². The fourth-order valence-corrected chi connectivity index (χ4v) is 4.83. The highest BCUT2D eigenvalue weighted by molar-refractivity contribution is 7.89. The van der Waals surface area contributed by atoms with Crippen LogP contribution in [0.5, 0.6) is 0 Å². The molecule has 1 aliphatic heterocycles. The van der Waals surface area contributed by atoms with Crippen LogP contribution in [0.1, 0.15) is 31.9 Å². The maximum absolute atomic E-state index is 12.3. The third-order valence-electron chi connectivity index (χ3n) is 4.47. The minimum Gasteiger partial charge on any atom is -0.368 e. The van der Waals surface area contributed by atoms with E-state index in [-0.39, 0.29) is 5.75 Å². The van der Waals surface area contributed by atoms with Gasteiger partial charge in [-0.1, -0.05) is 13.3 Å². The van der Waals surface area contributed by atoms with Gasteiger partial charge in [0, 0.05) is 32.0 Å². The summed E-state index contributed by atoms with van der Waals surface area (Å²) in [5, 5.41) is 7.74. The number of fused-ring (bicyclic) bond motifs is 1. The van der Waals surface area contributed by atoms with Gasteiger partial charge in [-0.3, -0.25) is 0 Å². The molecule has 1 saturated heterocycles. The molecule has 1 unspecified atom stereocenters. The largest absolute Gasteiger partial charge is 0.368 e. The second-order valence-electron chi connectivity index (χ2n) is 6.45. The first kappa shape index (κ1) is 17.2. The highest BCUT2D eigenvalue weighted by atomic mass is 32.2. The maximum Gasteiger partial charge on any atom is 0.214 e. The first-order valence-corrected chi connectivity index (χ1v) is 10.1. The normalized spacial score (nSPS) is 19.2. The molecule has 2 aromatic rings. The number of sulfonamides is 1. The highest BCUT2D eigenvalue weighted by Gasteiger charge is 2.30. The second-order valence-corrected chi connectivity index (χ2v) is 8.54. The molecule has 1 fully saturated rings. The SMILES string of the molecule is CCCCS(=O)(=O)N1CCC(CNc2nccn3nc(C)cc23)C1. The van der Waals surface area contributed by atoms with E-state index in [4.69, 9.17) is 0 Å². The van der Waals surface area contributed by atoms with Crippen LogP contribution in [-0.4, -0.2) is 52.7 Å². The van der Waals surface area contributed by atoms with Gasteiger partial charge in [-0.15, -0.1) is 0 Å². The number of hydrogen-bond donors (Lipinski definition) is 1. The molecule has 132 valence electrons. The molecule has 3 heterocycles. The molecule has 0 aliphatic carbocycles. The molecule has 1 aliphatic rings. The number of unbranched alkanes of at least 4 members (excludes halogenated alkanes) is 1. The van der Waals surface area contributed by atoms with Gasteiger partial charge < -0.3 is 5.32 Å². The van der Waals surface area contributed by atoms with Crippen molar-refractivity contribution in [2.24, 2.45) is 5.92 Å².